The highest BCUT2D eigenvalue weighted by molar-refractivity contribution is 6.48. The van der Waals surface area contributed by atoms with Gasteiger partial charge in [-0.1, -0.05) is 30.1 Å². The molecule has 0 heterocycles. The van der Waals surface area contributed by atoms with Gasteiger partial charge in [-0.3, -0.25) is 0 Å². The third-order valence-corrected chi connectivity index (χ3v) is 1.23. The van der Waals surface area contributed by atoms with Gasteiger partial charge >= 0.3 is 0 Å². The van der Waals surface area contributed by atoms with E-state index in [0.29, 0.717) is 6.42 Å². The summed E-state index contributed by atoms with van der Waals surface area (Å²) in [5.41, 5.74) is 0. The lowest BCUT2D eigenvalue weighted by molar-refractivity contribution is 0.779. The van der Waals surface area contributed by atoms with Crippen LogP contribution >= 0.6 is 23.2 Å². The molecule has 0 aromatic rings. The summed E-state index contributed by atoms with van der Waals surface area (Å²) < 4.78 is -1.40. The summed E-state index contributed by atoms with van der Waals surface area (Å²) in [6.45, 7) is 1.68. The molecular weight excluding hydrogens is 137 g/mol. The van der Waals surface area contributed by atoms with Gasteiger partial charge in [-0.2, -0.15) is 0 Å². The monoisotopic (exact) mass is 141 g/mol. The standard InChI is InChI=1S/C3H5Cl2NO/c1-2-3(4,5)6-7/h2H2,1H3. The maximum atomic E-state index is 9.54. The van der Waals surface area contributed by atoms with Crippen molar-refractivity contribution < 1.29 is 0 Å². The molecule has 2 nitrogen and oxygen atoms in total. The molecule has 0 N–H and O–H groups in total. The van der Waals surface area contributed by atoms with Gasteiger partial charge in [0.05, 0.1) is 0 Å². The van der Waals surface area contributed by atoms with E-state index < -0.39 is 4.46 Å². The highest BCUT2D eigenvalue weighted by Crippen LogP contribution is 2.25. The lowest BCUT2D eigenvalue weighted by atomic mass is 10.5. The topological polar surface area (TPSA) is 29.4 Å². The average Bonchev–Trinajstić information content (AvgIpc) is 1.68. The highest BCUT2D eigenvalue weighted by Gasteiger charge is 2.20. The van der Waals surface area contributed by atoms with E-state index in [0.717, 1.165) is 0 Å². The fourth-order valence-electron chi connectivity index (χ4n) is 0.0645. The van der Waals surface area contributed by atoms with Crippen LogP contribution in [0.1, 0.15) is 13.3 Å². The van der Waals surface area contributed by atoms with Gasteiger partial charge in [0.25, 0.3) is 0 Å². The minimum absolute atomic E-state index is 0.347. The number of hydrogen-bond donors (Lipinski definition) is 0. The van der Waals surface area contributed by atoms with E-state index in [1.807, 2.05) is 0 Å². The van der Waals surface area contributed by atoms with Crippen LogP contribution < -0.4 is 0 Å². The van der Waals surface area contributed by atoms with Crippen molar-refractivity contribution in [2.75, 3.05) is 0 Å². The molecule has 0 fully saturated rings. The van der Waals surface area contributed by atoms with Crippen molar-refractivity contribution in [3.05, 3.63) is 4.91 Å². The third-order valence-electron chi connectivity index (χ3n) is 0.559. The summed E-state index contributed by atoms with van der Waals surface area (Å²) in [5, 5.41) is 2.42. The van der Waals surface area contributed by atoms with Crippen LogP contribution in [-0.4, -0.2) is 4.46 Å². The van der Waals surface area contributed by atoms with Crippen LogP contribution in [-0.2, 0) is 0 Å². The van der Waals surface area contributed by atoms with Gasteiger partial charge in [0.15, 0.2) is 0 Å². The van der Waals surface area contributed by atoms with Crippen LogP contribution in [0.25, 0.3) is 0 Å². The second-order valence-corrected chi connectivity index (χ2v) is 2.55. The summed E-state index contributed by atoms with van der Waals surface area (Å²) in [6.07, 6.45) is 0.347. The molecule has 0 radical (unpaired) electrons. The summed E-state index contributed by atoms with van der Waals surface area (Å²) in [5.74, 6) is 0. The summed E-state index contributed by atoms with van der Waals surface area (Å²) in [4.78, 5) is 9.54. The first-order chi connectivity index (χ1) is 3.12. The third kappa shape index (κ3) is 2.83. The molecule has 0 amide bonds. The van der Waals surface area contributed by atoms with Gasteiger partial charge in [0.2, 0.25) is 4.46 Å². The molecule has 0 aliphatic rings. The molecule has 0 bridgehead atoms. The molecule has 0 aromatic carbocycles. The van der Waals surface area contributed by atoms with Crippen molar-refractivity contribution in [3.8, 4) is 0 Å². The van der Waals surface area contributed by atoms with Crippen LogP contribution in [0.2, 0.25) is 0 Å². The molecule has 0 atom stereocenters. The first kappa shape index (κ1) is 7.18. The molecule has 4 heteroatoms. The van der Waals surface area contributed by atoms with Crippen molar-refractivity contribution in [3.63, 3.8) is 0 Å². The second kappa shape index (κ2) is 2.48. The fraction of sp³-hybridized carbons (Fsp3) is 1.00. The fourth-order valence-corrected chi connectivity index (χ4v) is 0.0645. The number of nitrogens with zero attached hydrogens (tertiary/aromatic N) is 1. The minimum Gasteiger partial charge on any atom is -0.148 e. The Morgan fingerprint density at radius 1 is 1.71 bits per heavy atom. The Bertz CT molecular complexity index is 73.3. The molecule has 0 rings (SSSR count). The van der Waals surface area contributed by atoms with Gasteiger partial charge in [-0.15, -0.1) is 4.91 Å². The largest absolute Gasteiger partial charge is 0.248 e. The lowest BCUT2D eigenvalue weighted by Crippen LogP contribution is -2.03. The molecule has 0 aromatic heterocycles. The Morgan fingerprint density at radius 3 is 2.14 bits per heavy atom. The van der Waals surface area contributed by atoms with Crippen molar-refractivity contribution in [1.29, 1.82) is 0 Å². The Morgan fingerprint density at radius 2 is 2.14 bits per heavy atom. The van der Waals surface area contributed by atoms with E-state index in [-0.39, 0.29) is 0 Å². The minimum atomic E-state index is -1.40. The first-order valence-corrected chi connectivity index (χ1v) is 2.60. The zero-order valence-electron chi connectivity index (χ0n) is 3.82. The van der Waals surface area contributed by atoms with Crippen LogP contribution in [0.5, 0.6) is 0 Å². The quantitative estimate of drug-likeness (QED) is 0.330. The van der Waals surface area contributed by atoms with E-state index in [1.54, 1.807) is 6.92 Å². The Labute approximate surface area is 51.8 Å². The van der Waals surface area contributed by atoms with Gasteiger partial charge in [0, 0.05) is 6.42 Å². The van der Waals surface area contributed by atoms with Crippen molar-refractivity contribution in [2.24, 2.45) is 5.18 Å². The summed E-state index contributed by atoms with van der Waals surface area (Å²) in [7, 11) is 0. The second-order valence-electron chi connectivity index (χ2n) is 1.11. The predicted molar refractivity (Wildman–Crippen MR) is 30.5 cm³/mol. The number of alkyl halides is 2. The van der Waals surface area contributed by atoms with Gasteiger partial charge in [-0.05, 0) is 5.18 Å². The molecule has 7 heavy (non-hydrogen) atoms. The number of nitroso groups, excluding NO2 is 1. The van der Waals surface area contributed by atoms with Gasteiger partial charge in [0.1, 0.15) is 0 Å². The molecule has 0 unspecified atom stereocenters. The Kier molecular flexibility index (Phi) is 2.54. The zero-order valence-corrected chi connectivity index (χ0v) is 5.33. The molecule has 0 aliphatic carbocycles. The molecule has 0 saturated heterocycles. The van der Waals surface area contributed by atoms with E-state index in [2.05, 4.69) is 5.18 Å². The maximum absolute atomic E-state index is 9.54. The summed E-state index contributed by atoms with van der Waals surface area (Å²) in [6, 6.07) is 0. The number of halogens is 2. The van der Waals surface area contributed by atoms with Crippen LogP contribution in [0.15, 0.2) is 5.18 Å². The van der Waals surface area contributed by atoms with Crippen LogP contribution in [0, 0.1) is 4.91 Å². The van der Waals surface area contributed by atoms with Gasteiger partial charge in [-0.25, -0.2) is 0 Å². The summed E-state index contributed by atoms with van der Waals surface area (Å²) >= 11 is 10.4. The zero-order chi connectivity index (χ0) is 5.91. The van der Waals surface area contributed by atoms with Crippen molar-refractivity contribution in [1.82, 2.24) is 0 Å². The predicted octanol–water partition coefficient (Wildman–Crippen LogP) is 2.29. The van der Waals surface area contributed by atoms with Crippen molar-refractivity contribution >= 4 is 23.2 Å². The van der Waals surface area contributed by atoms with E-state index in [1.165, 1.54) is 0 Å². The number of hydrogen-bond acceptors (Lipinski definition) is 2. The molecule has 0 aliphatic heterocycles. The molecular formula is C3H5Cl2NO. The smallest absolute Gasteiger partial charge is 0.148 e. The normalized spacial score (nSPS) is 11.3. The Balaban J connectivity index is 3.58. The Hall–Kier alpha value is 0.180. The van der Waals surface area contributed by atoms with Crippen LogP contribution in [0.4, 0.5) is 0 Å². The van der Waals surface area contributed by atoms with Gasteiger partial charge < -0.3 is 0 Å². The van der Waals surface area contributed by atoms with E-state index in [9.17, 15) is 4.91 Å². The molecule has 0 saturated carbocycles. The maximum Gasteiger partial charge on any atom is 0.248 e. The first-order valence-electron chi connectivity index (χ1n) is 1.84. The molecule has 0 spiro atoms. The van der Waals surface area contributed by atoms with E-state index in [4.69, 9.17) is 23.2 Å². The molecule has 42 valence electrons. The van der Waals surface area contributed by atoms with Crippen molar-refractivity contribution in [2.45, 2.75) is 17.8 Å². The SMILES string of the molecule is CCC(Cl)(Cl)N=O. The number of rotatable bonds is 2. The lowest BCUT2D eigenvalue weighted by Gasteiger charge is -2.02. The van der Waals surface area contributed by atoms with E-state index >= 15 is 0 Å². The average molecular weight is 142 g/mol. The highest BCUT2D eigenvalue weighted by atomic mass is 35.5. The van der Waals surface area contributed by atoms with Crippen LogP contribution in [0.3, 0.4) is 0 Å².